The minimum atomic E-state index is -1.33. The fourth-order valence-corrected chi connectivity index (χ4v) is 7.68. The number of carbonyl (C=O) groups is 4. The molecule has 0 unspecified atom stereocenters. The van der Waals surface area contributed by atoms with Crippen LogP contribution in [0.4, 0.5) is 5.69 Å². The molecule has 6 aromatic rings. The maximum atomic E-state index is 14.8. The van der Waals surface area contributed by atoms with Crippen LogP contribution in [0.3, 0.4) is 0 Å². The molecule has 11 heteroatoms. The molecule has 7 rings (SSSR count). The summed E-state index contributed by atoms with van der Waals surface area (Å²) in [5.41, 5.74) is 5.35. The molecule has 0 spiro atoms. The lowest BCUT2D eigenvalue weighted by Crippen LogP contribution is -2.58. The Morgan fingerprint density at radius 2 is 1.37 bits per heavy atom. The van der Waals surface area contributed by atoms with Crippen molar-refractivity contribution in [3.63, 3.8) is 0 Å². The van der Waals surface area contributed by atoms with Gasteiger partial charge in [-0.3, -0.25) is 14.4 Å². The molecule has 1 aliphatic heterocycles. The van der Waals surface area contributed by atoms with Gasteiger partial charge in [0.15, 0.2) is 0 Å². The number of carbonyl (C=O) groups excluding carboxylic acids is 4. The summed E-state index contributed by atoms with van der Waals surface area (Å²) in [4.78, 5) is 59.1. The normalized spacial score (nSPS) is 15.5. The standard InChI is InChI=1S/C51H48N2O9/c1-3-60-47(56)33-45-49(62-51(58)42-18-11-10-17-41(42)37-15-8-5-9-16-37)48(52-50(57)38-23-21-36(22-24-38)35-13-6-4-7-14-35)43-32-40(61-30-12-29-54)27-28-44(43)53(45)46(55)31-34-19-25-39(59-2)26-20-34/h4-11,13-28,32,45,48-49,54H,3,12,29-31,33H2,1-2H3,(H,52,57)/t45-,48-,49-/m0/s1. The van der Waals surface area contributed by atoms with E-state index in [1.54, 1.807) is 80.8 Å². The largest absolute Gasteiger partial charge is 0.497 e. The Hall–Kier alpha value is -7.24. The van der Waals surface area contributed by atoms with Gasteiger partial charge in [0.1, 0.15) is 17.6 Å². The number of aliphatic hydroxyl groups is 1. The zero-order valence-corrected chi connectivity index (χ0v) is 34.6. The third-order valence-corrected chi connectivity index (χ3v) is 10.7. The summed E-state index contributed by atoms with van der Waals surface area (Å²) in [7, 11) is 1.56. The van der Waals surface area contributed by atoms with Crippen LogP contribution in [0.5, 0.6) is 11.5 Å². The van der Waals surface area contributed by atoms with Gasteiger partial charge in [0.05, 0.1) is 50.8 Å². The molecule has 1 aliphatic rings. The van der Waals surface area contributed by atoms with Crippen LogP contribution < -0.4 is 19.7 Å². The van der Waals surface area contributed by atoms with Gasteiger partial charge in [-0.05, 0) is 83.3 Å². The van der Waals surface area contributed by atoms with E-state index in [1.165, 1.54) is 4.90 Å². The van der Waals surface area contributed by atoms with Crippen LogP contribution in [0.1, 0.15) is 57.7 Å². The third-order valence-electron chi connectivity index (χ3n) is 10.7. The zero-order valence-electron chi connectivity index (χ0n) is 34.6. The lowest BCUT2D eigenvalue weighted by Gasteiger charge is -2.45. The van der Waals surface area contributed by atoms with Gasteiger partial charge in [-0.25, -0.2) is 4.79 Å². The zero-order chi connectivity index (χ0) is 43.4. The maximum absolute atomic E-state index is 14.8. The quantitative estimate of drug-likeness (QED) is 0.0727. The number of anilines is 1. The predicted octanol–water partition coefficient (Wildman–Crippen LogP) is 8.40. The van der Waals surface area contributed by atoms with E-state index in [2.05, 4.69) is 5.32 Å². The predicted molar refractivity (Wildman–Crippen MR) is 236 cm³/mol. The fraction of sp³-hybridized carbons (Fsp3) is 0.216. The van der Waals surface area contributed by atoms with Crippen molar-refractivity contribution >= 4 is 29.4 Å². The van der Waals surface area contributed by atoms with Crippen molar-refractivity contribution in [2.24, 2.45) is 0 Å². The molecule has 0 aliphatic carbocycles. The highest BCUT2D eigenvalue weighted by molar-refractivity contribution is 6.00. The van der Waals surface area contributed by atoms with Gasteiger partial charge in [0.2, 0.25) is 5.91 Å². The van der Waals surface area contributed by atoms with E-state index in [0.29, 0.717) is 45.9 Å². The molecule has 1 heterocycles. The smallest absolute Gasteiger partial charge is 0.339 e. The van der Waals surface area contributed by atoms with Gasteiger partial charge >= 0.3 is 11.9 Å². The van der Waals surface area contributed by atoms with Crippen molar-refractivity contribution in [3.8, 4) is 33.8 Å². The number of rotatable bonds is 16. The highest BCUT2D eigenvalue weighted by Crippen LogP contribution is 2.43. The number of ether oxygens (including phenoxy) is 4. The molecule has 11 nitrogen and oxygen atoms in total. The molecule has 3 atom stereocenters. The maximum Gasteiger partial charge on any atom is 0.339 e. The van der Waals surface area contributed by atoms with Gasteiger partial charge < -0.3 is 34.3 Å². The molecule has 0 radical (unpaired) electrons. The Labute approximate surface area is 360 Å². The summed E-state index contributed by atoms with van der Waals surface area (Å²) in [6, 6.07) is 43.2. The number of esters is 2. The van der Waals surface area contributed by atoms with E-state index in [1.807, 2.05) is 84.9 Å². The number of nitrogens with zero attached hydrogens (tertiary/aromatic N) is 1. The van der Waals surface area contributed by atoms with Crippen LogP contribution in [0.2, 0.25) is 0 Å². The molecule has 316 valence electrons. The molecular formula is C51H48N2O9. The van der Waals surface area contributed by atoms with Crippen LogP contribution in [0.25, 0.3) is 22.3 Å². The molecule has 0 bridgehead atoms. The Bertz CT molecular complexity index is 2470. The summed E-state index contributed by atoms with van der Waals surface area (Å²) in [6.07, 6.45) is -1.42. The summed E-state index contributed by atoms with van der Waals surface area (Å²) in [5.74, 6) is -1.21. The minimum Gasteiger partial charge on any atom is -0.497 e. The van der Waals surface area contributed by atoms with Crippen molar-refractivity contribution < 1.29 is 43.2 Å². The molecule has 2 amide bonds. The fourth-order valence-electron chi connectivity index (χ4n) is 7.68. The lowest BCUT2D eigenvalue weighted by molar-refractivity contribution is -0.144. The number of hydrogen-bond donors (Lipinski definition) is 2. The van der Waals surface area contributed by atoms with E-state index in [4.69, 9.17) is 18.9 Å². The van der Waals surface area contributed by atoms with E-state index in [0.717, 1.165) is 16.7 Å². The Morgan fingerprint density at radius 3 is 2.05 bits per heavy atom. The van der Waals surface area contributed by atoms with Crippen molar-refractivity contribution in [1.82, 2.24) is 5.32 Å². The monoisotopic (exact) mass is 832 g/mol. The Kier molecular flexibility index (Phi) is 14.1. The highest BCUT2D eigenvalue weighted by Gasteiger charge is 2.48. The Balaban J connectivity index is 1.36. The molecule has 2 N–H and O–H groups in total. The molecule has 0 fully saturated rings. The van der Waals surface area contributed by atoms with E-state index >= 15 is 0 Å². The van der Waals surface area contributed by atoms with Gasteiger partial charge in [-0.2, -0.15) is 0 Å². The molecular weight excluding hydrogens is 785 g/mol. The summed E-state index contributed by atoms with van der Waals surface area (Å²) >= 11 is 0. The number of aliphatic hydroxyl groups excluding tert-OH is 1. The van der Waals surface area contributed by atoms with Crippen LogP contribution in [0, 0.1) is 0 Å². The first-order chi connectivity index (χ1) is 30.3. The average Bonchev–Trinajstić information content (AvgIpc) is 3.31. The summed E-state index contributed by atoms with van der Waals surface area (Å²) in [5, 5.41) is 12.6. The number of fused-ring (bicyclic) bond motifs is 1. The van der Waals surface area contributed by atoms with E-state index < -0.39 is 41.9 Å². The SMILES string of the molecule is CCOC(=O)C[C@H]1[C@H](OC(=O)c2ccccc2-c2ccccc2)[C@@H](NC(=O)c2ccc(-c3ccccc3)cc2)c2cc(OCCCO)ccc2N1C(=O)Cc1ccc(OC)cc1. The summed E-state index contributed by atoms with van der Waals surface area (Å²) in [6.45, 7) is 1.87. The van der Waals surface area contributed by atoms with Crippen molar-refractivity contribution in [2.45, 2.75) is 44.4 Å². The topological polar surface area (TPSA) is 141 Å². The average molecular weight is 833 g/mol. The number of amides is 2. The van der Waals surface area contributed by atoms with Crippen molar-refractivity contribution in [2.75, 3.05) is 31.8 Å². The number of hydrogen-bond acceptors (Lipinski definition) is 9. The lowest BCUT2D eigenvalue weighted by atomic mass is 9.85. The second-order valence-electron chi connectivity index (χ2n) is 14.7. The van der Waals surface area contributed by atoms with Gasteiger partial charge in [-0.1, -0.05) is 103 Å². The first-order valence-corrected chi connectivity index (χ1v) is 20.6. The van der Waals surface area contributed by atoms with Crippen LogP contribution in [-0.2, 0) is 25.5 Å². The molecule has 0 saturated heterocycles. The molecule has 0 aromatic heterocycles. The van der Waals surface area contributed by atoms with Gasteiger partial charge in [-0.15, -0.1) is 0 Å². The highest BCUT2D eigenvalue weighted by atomic mass is 16.6. The van der Waals surface area contributed by atoms with Crippen LogP contribution in [-0.4, -0.2) is 67.9 Å². The Morgan fingerprint density at radius 1 is 0.726 bits per heavy atom. The van der Waals surface area contributed by atoms with Crippen LogP contribution in [0.15, 0.2) is 152 Å². The van der Waals surface area contributed by atoms with Crippen molar-refractivity contribution in [1.29, 1.82) is 0 Å². The van der Waals surface area contributed by atoms with E-state index in [-0.39, 0.29) is 38.2 Å². The second-order valence-corrected chi connectivity index (χ2v) is 14.7. The van der Waals surface area contributed by atoms with Crippen LogP contribution >= 0.6 is 0 Å². The summed E-state index contributed by atoms with van der Waals surface area (Å²) < 4.78 is 23.4. The minimum absolute atomic E-state index is 0.0739. The van der Waals surface area contributed by atoms with Gasteiger partial charge in [0.25, 0.3) is 5.91 Å². The molecule has 0 saturated carbocycles. The van der Waals surface area contributed by atoms with E-state index in [9.17, 15) is 24.3 Å². The third kappa shape index (κ3) is 10.0. The van der Waals surface area contributed by atoms with Gasteiger partial charge in [0, 0.05) is 29.8 Å². The first kappa shape index (κ1) is 42.9. The molecule has 6 aromatic carbocycles. The first-order valence-electron chi connectivity index (χ1n) is 20.6. The molecule has 62 heavy (non-hydrogen) atoms. The number of benzene rings is 6. The number of nitrogens with one attached hydrogen (secondary N) is 1. The van der Waals surface area contributed by atoms with Crippen molar-refractivity contribution in [3.05, 3.63) is 174 Å². The second kappa shape index (κ2) is 20.3. The number of methoxy groups -OCH3 is 1.